The lowest BCUT2D eigenvalue weighted by atomic mass is 10.1. The van der Waals surface area contributed by atoms with Gasteiger partial charge >= 0.3 is 11.9 Å². The molecule has 0 aromatic carbocycles. The molecule has 1 aromatic heterocycles. The van der Waals surface area contributed by atoms with Crippen LogP contribution in [-0.4, -0.2) is 22.6 Å². The third kappa shape index (κ3) is 1.87. The molecular formula is C9H10BrNO5. The van der Waals surface area contributed by atoms with Crippen LogP contribution in [0.2, 0.25) is 0 Å². The lowest BCUT2D eigenvalue weighted by Crippen LogP contribution is -2.29. The van der Waals surface area contributed by atoms with E-state index >= 15 is 0 Å². The lowest BCUT2D eigenvalue weighted by molar-refractivity contribution is 0.134. The number of alkyl halides is 1. The number of rotatable bonds is 2. The highest BCUT2D eigenvalue weighted by Gasteiger charge is 2.34. The number of hydrogen-bond acceptors (Lipinski definition) is 4. The Balaban J connectivity index is 2.35. The number of likely N-dealkylation sites (tertiary alicyclic amines) is 1. The smallest absolute Gasteiger partial charge is 0.465 e. The fourth-order valence-electron chi connectivity index (χ4n) is 1.93. The molecule has 1 fully saturated rings. The van der Waals surface area contributed by atoms with E-state index < -0.39 is 18.0 Å². The molecule has 88 valence electrons. The topological polar surface area (TPSA) is 83.9 Å². The van der Waals surface area contributed by atoms with Gasteiger partial charge in [0.1, 0.15) is 0 Å². The molecule has 1 aliphatic rings. The number of carbonyl (C=O) groups is 1. The summed E-state index contributed by atoms with van der Waals surface area (Å²) in [4.78, 5) is 23.2. The Labute approximate surface area is 99.0 Å². The summed E-state index contributed by atoms with van der Waals surface area (Å²) in [6.07, 6.45) is 0.398. The van der Waals surface area contributed by atoms with Crippen LogP contribution in [0.25, 0.3) is 0 Å². The molecule has 0 radical (unpaired) electrons. The van der Waals surface area contributed by atoms with Crippen LogP contribution in [0.1, 0.15) is 30.4 Å². The van der Waals surface area contributed by atoms with Gasteiger partial charge in [-0.1, -0.05) is 15.9 Å². The Morgan fingerprint density at radius 2 is 2.31 bits per heavy atom. The zero-order valence-corrected chi connectivity index (χ0v) is 9.90. The Bertz CT molecular complexity index is 451. The summed E-state index contributed by atoms with van der Waals surface area (Å²) in [5.41, 5.74) is 0. The molecular weight excluding hydrogens is 282 g/mol. The van der Waals surface area contributed by atoms with Gasteiger partial charge in [0.2, 0.25) is 0 Å². The number of nitrogens with zero attached hydrogens (tertiary/aromatic N) is 1. The second-order valence-electron chi connectivity index (χ2n) is 3.51. The molecule has 16 heavy (non-hydrogen) atoms. The predicted molar refractivity (Wildman–Crippen MR) is 56.6 cm³/mol. The van der Waals surface area contributed by atoms with Crippen LogP contribution in [0.15, 0.2) is 13.6 Å². The van der Waals surface area contributed by atoms with Gasteiger partial charge in [0.25, 0.3) is 0 Å². The summed E-state index contributed by atoms with van der Waals surface area (Å²) in [5, 5.41) is 9.31. The van der Waals surface area contributed by atoms with Gasteiger partial charge in [-0.15, -0.1) is 0 Å². The zero-order chi connectivity index (χ0) is 11.7. The van der Waals surface area contributed by atoms with Crippen LogP contribution in [-0.2, 0) is 5.33 Å². The normalized spacial score (nSPS) is 20.3. The van der Waals surface area contributed by atoms with E-state index in [1.54, 1.807) is 0 Å². The molecule has 0 aliphatic carbocycles. The molecule has 1 amide bonds. The molecule has 1 N–H and O–H groups in total. The van der Waals surface area contributed by atoms with E-state index in [9.17, 15) is 9.59 Å². The standard InChI is InChI=1S/C9H10BrNO5/c10-4-6-7(16-9(14)15-6)5-2-1-3-11(5)8(12)13/h5H,1-4H2,(H,12,13). The van der Waals surface area contributed by atoms with E-state index in [1.807, 2.05) is 0 Å². The summed E-state index contributed by atoms with van der Waals surface area (Å²) in [6, 6.07) is -0.406. The van der Waals surface area contributed by atoms with Crippen LogP contribution in [0.4, 0.5) is 4.79 Å². The van der Waals surface area contributed by atoms with Crippen molar-refractivity contribution in [3.63, 3.8) is 0 Å². The molecule has 7 heteroatoms. The molecule has 6 nitrogen and oxygen atoms in total. The summed E-state index contributed by atoms with van der Waals surface area (Å²) < 4.78 is 9.73. The lowest BCUT2D eigenvalue weighted by Gasteiger charge is -2.19. The Hall–Kier alpha value is -1.24. The first-order valence-corrected chi connectivity index (χ1v) is 5.94. The number of amides is 1. The highest BCUT2D eigenvalue weighted by Crippen LogP contribution is 2.34. The van der Waals surface area contributed by atoms with Crippen molar-refractivity contribution in [1.29, 1.82) is 0 Å². The molecule has 1 saturated heterocycles. The van der Waals surface area contributed by atoms with E-state index in [1.165, 1.54) is 4.90 Å². The molecule has 0 bridgehead atoms. The van der Waals surface area contributed by atoms with Crippen molar-refractivity contribution in [3.8, 4) is 0 Å². The number of halogens is 1. The van der Waals surface area contributed by atoms with Gasteiger partial charge < -0.3 is 13.9 Å². The highest BCUT2D eigenvalue weighted by molar-refractivity contribution is 9.08. The van der Waals surface area contributed by atoms with Crippen molar-refractivity contribution >= 4 is 22.0 Å². The first kappa shape index (κ1) is 11.3. The van der Waals surface area contributed by atoms with Gasteiger partial charge in [-0.25, -0.2) is 9.59 Å². The highest BCUT2D eigenvalue weighted by atomic mass is 79.9. The van der Waals surface area contributed by atoms with Gasteiger partial charge in [-0.3, -0.25) is 4.90 Å². The summed E-state index contributed by atoms with van der Waals surface area (Å²) >= 11 is 3.17. The van der Waals surface area contributed by atoms with Crippen molar-refractivity contribution in [2.24, 2.45) is 0 Å². The molecule has 1 aliphatic heterocycles. The summed E-state index contributed by atoms with van der Waals surface area (Å²) in [7, 11) is 0. The van der Waals surface area contributed by atoms with E-state index in [2.05, 4.69) is 15.9 Å². The van der Waals surface area contributed by atoms with Crippen LogP contribution in [0.3, 0.4) is 0 Å². The first-order valence-electron chi connectivity index (χ1n) is 4.81. The third-order valence-electron chi connectivity index (χ3n) is 2.60. The maximum absolute atomic E-state index is 11.0. The third-order valence-corrected chi connectivity index (χ3v) is 3.11. The van der Waals surface area contributed by atoms with Gasteiger partial charge in [-0.05, 0) is 12.8 Å². The molecule has 0 saturated carbocycles. The average molecular weight is 292 g/mol. The van der Waals surface area contributed by atoms with Gasteiger partial charge in [0, 0.05) is 6.54 Å². The fraction of sp³-hybridized carbons (Fsp3) is 0.556. The van der Waals surface area contributed by atoms with Crippen molar-refractivity contribution in [2.45, 2.75) is 24.2 Å². The van der Waals surface area contributed by atoms with E-state index in [-0.39, 0.29) is 0 Å². The number of hydrogen-bond donors (Lipinski definition) is 1. The molecule has 2 heterocycles. The minimum atomic E-state index is -1.01. The SMILES string of the molecule is O=C(O)N1CCCC1c1oc(=O)oc1CBr. The molecule has 0 spiro atoms. The van der Waals surface area contributed by atoms with Crippen LogP contribution < -0.4 is 5.82 Å². The minimum Gasteiger partial charge on any atom is -0.465 e. The second-order valence-corrected chi connectivity index (χ2v) is 4.07. The van der Waals surface area contributed by atoms with E-state index in [4.69, 9.17) is 13.9 Å². The quantitative estimate of drug-likeness (QED) is 0.842. The fourth-order valence-corrected chi connectivity index (χ4v) is 2.32. The maximum atomic E-state index is 11.0. The second kappa shape index (κ2) is 4.32. The largest absolute Gasteiger partial charge is 0.519 e. The Kier molecular flexibility index (Phi) is 3.04. The molecule has 1 aromatic rings. The molecule has 1 unspecified atom stereocenters. The zero-order valence-electron chi connectivity index (χ0n) is 8.31. The summed E-state index contributed by atoms with van der Waals surface area (Å²) in [6.45, 7) is 0.455. The van der Waals surface area contributed by atoms with E-state index in [0.717, 1.165) is 6.42 Å². The maximum Gasteiger partial charge on any atom is 0.519 e. The van der Waals surface area contributed by atoms with Crippen molar-refractivity contribution in [3.05, 3.63) is 22.1 Å². The van der Waals surface area contributed by atoms with Crippen LogP contribution in [0.5, 0.6) is 0 Å². The number of carboxylic acid groups (broad SMARTS) is 1. The van der Waals surface area contributed by atoms with Crippen LogP contribution >= 0.6 is 15.9 Å². The molecule has 2 rings (SSSR count). The summed E-state index contributed by atoms with van der Waals surface area (Å²) in [5.74, 6) is -0.105. The predicted octanol–water partition coefficient (Wildman–Crippen LogP) is 1.94. The van der Waals surface area contributed by atoms with Gasteiger partial charge in [-0.2, -0.15) is 0 Å². The van der Waals surface area contributed by atoms with Crippen molar-refractivity contribution in [1.82, 2.24) is 4.90 Å². The minimum absolute atomic E-state index is 0.321. The molecule has 1 atom stereocenters. The Morgan fingerprint density at radius 3 is 2.94 bits per heavy atom. The van der Waals surface area contributed by atoms with Crippen molar-refractivity contribution < 1.29 is 18.7 Å². The Morgan fingerprint density at radius 1 is 1.56 bits per heavy atom. The van der Waals surface area contributed by atoms with E-state index in [0.29, 0.717) is 29.8 Å². The first-order chi connectivity index (χ1) is 7.63. The van der Waals surface area contributed by atoms with Gasteiger partial charge in [0.05, 0.1) is 11.4 Å². The van der Waals surface area contributed by atoms with Gasteiger partial charge in [0.15, 0.2) is 11.5 Å². The van der Waals surface area contributed by atoms with Crippen LogP contribution in [0, 0.1) is 0 Å². The average Bonchev–Trinajstić information content (AvgIpc) is 2.82. The van der Waals surface area contributed by atoms with Crippen molar-refractivity contribution in [2.75, 3.05) is 6.54 Å². The monoisotopic (exact) mass is 291 g/mol.